The van der Waals surface area contributed by atoms with Gasteiger partial charge in [0.05, 0.1) is 17.8 Å². The summed E-state index contributed by atoms with van der Waals surface area (Å²) in [6.45, 7) is 1.80. The summed E-state index contributed by atoms with van der Waals surface area (Å²) >= 11 is 0. The maximum atomic E-state index is 12.0. The molecule has 1 amide bonds. The van der Waals surface area contributed by atoms with Crippen molar-refractivity contribution in [2.45, 2.75) is 13.0 Å². The number of anilines is 2. The SMILES string of the molecule is C[C@H](O)CNC(=O)c1cc(Nc2ccc3[nH]ncc3c2)ccn1. The van der Waals surface area contributed by atoms with Gasteiger partial charge in [0.1, 0.15) is 5.69 Å². The Balaban J connectivity index is 1.75. The molecule has 0 aliphatic heterocycles. The van der Waals surface area contributed by atoms with E-state index < -0.39 is 6.10 Å². The van der Waals surface area contributed by atoms with Crippen molar-refractivity contribution in [2.75, 3.05) is 11.9 Å². The lowest BCUT2D eigenvalue weighted by atomic mass is 10.2. The minimum atomic E-state index is -0.595. The van der Waals surface area contributed by atoms with E-state index >= 15 is 0 Å². The number of pyridine rings is 1. The van der Waals surface area contributed by atoms with Gasteiger partial charge < -0.3 is 15.7 Å². The topological polar surface area (TPSA) is 103 Å². The monoisotopic (exact) mass is 311 g/mol. The molecule has 0 aliphatic rings. The van der Waals surface area contributed by atoms with Gasteiger partial charge in [-0.15, -0.1) is 0 Å². The number of aliphatic hydroxyl groups excluding tert-OH is 1. The molecule has 0 unspecified atom stereocenters. The van der Waals surface area contributed by atoms with Crippen molar-refractivity contribution in [3.8, 4) is 0 Å². The molecule has 7 heteroatoms. The van der Waals surface area contributed by atoms with E-state index in [-0.39, 0.29) is 12.5 Å². The summed E-state index contributed by atoms with van der Waals surface area (Å²) in [5.41, 5.74) is 2.90. The molecular weight excluding hydrogens is 294 g/mol. The molecule has 0 spiro atoms. The second kappa shape index (κ2) is 6.45. The lowest BCUT2D eigenvalue weighted by Crippen LogP contribution is -2.31. The number of amides is 1. The van der Waals surface area contributed by atoms with Crippen LogP contribution in [0.1, 0.15) is 17.4 Å². The fraction of sp³-hybridized carbons (Fsp3) is 0.188. The number of aromatic nitrogens is 3. The van der Waals surface area contributed by atoms with Gasteiger partial charge in [-0.25, -0.2) is 0 Å². The Hall–Kier alpha value is -2.93. The molecule has 0 fully saturated rings. The average Bonchev–Trinajstić information content (AvgIpc) is 3.00. The predicted octanol–water partition coefficient (Wildman–Crippen LogP) is 1.81. The van der Waals surface area contributed by atoms with Gasteiger partial charge in [0.25, 0.3) is 5.91 Å². The quantitative estimate of drug-likeness (QED) is 0.575. The van der Waals surface area contributed by atoms with E-state index in [1.54, 1.807) is 31.5 Å². The largest absolute Gasteiger partial charge is 0.392 e. The van der Waals surface area contributed by atoms with Gasteiger partial charge >= 0.3 is 0 Å². The van der Waals surface area contributed by atoms with E-state index in [0.717, 1.165) is 22.3 Å². The molecule has 0 aliphatic carbocycles. The van der Waals surface area contributed by atoms with Crippen LogP contribution in [0.4, 0.5) is 11.4 Å². The Morgan fingerprint density at radius 1 is 1.30 bits per heavy atom. The van der Waals surface area contributed by atoms with Crippen molar-refractivity contribution in [3.05, 3.63) is 48.4 Å². The first kappa shape index (κ1) is 15.0. The maximum Gasteiger partial charge on any atom is 0.270 e. The molecule has 0 saturated heterocycles. The second-order valence-corrected chi connectivity index (χ2v) is 5.29. The van der Waals surface area contributed by atoms with E-state index in [1.807, 2.05) is 18.2 Å². The normalized spacial score (nSPS) is 12.1. The first-order chi connectivity index (χ1) is 11.1. The standard InChI is InChI=1S/C16H17N5O2/c1-10(22)8-18-16(23)15-7-13(4-5-17-15)20-12-2-3-14-11(6-12)9-19-21-14/h2-7,9-10,22H,8H2,1H3,(H,17,20)(H,18,23)(H,19,21)/t10-/m0/s1. The Kier molecular flexibility index (Phi) is 4.20. The van der Waals surface area contributed by atoms with Gasteiger partial charge in [-0.2, -0.15) is 5.10 Å². The molecular formula is C16H17N5O2. The fourth-order valence-electron chi connectivity index (χ4n) is 2.15. The molecule has 3 aromatic rings. The van der Waals surface area contributed by atoms with E-state index in [9.17, 15) is 9.90 Å². The highest BCUT2D eigenvalue weighted by Gasteiger charge is 2.09. The summed E-state index contributed by atoms with van der Waals surface area (Å²) in [6, 6.07) is 9.27. The second-order valence-electron chi connectivity index (χ2n) is 5.29. The molecule has 1 atom stereocenters. The zero-order valence-electron chi connectivity index (χ0n) is 12.6. The lowest BCUT2D eigenvalue weighted by molar-refractivity contribution is 0.0919. The molecule has 7 nitrogen and oxygen atoms in total. The minimum Gasteiger partial charge on any atom is -0.392 e. The first-order valence-corrected chi connectivity index (χ1v) is 7.24. The summed E-state index contributed by atoms with van der Waals surface area (Å²) in [5.74, 6) is -0.320. The fourth-order valence-corrected chi connectivity index (χ4v) is 2.15. The zero-order valence-corrected chi connectivity index (χ0v) is 12.6. The summed E-state index contributed by atoms with van der Waals surface area (Å²) in [4.78, 5) is 16.0. The van der Waals surface area contributed by atoms with Crippen LogP contribution in [0.2, 0.25) is 0 Å². The Morgan fingerprint density at radius 3 is 2.96 bits per heavy atom. The van der Waals surface area contributed by atoms with Crippen LogP contribution in [0.25, 0.3) is 10.9 Å². The first-order valence-electron chi connectivity index (χ1n) is 7.24. The van der Waals surface area contributed by atoms with Crippen LogP contribution in [0.3, 0.4) is 0 Å². The van der Waals surface area contributed by atoms with Crippen LogP contribution >= 0.6 is 0 Å². The summed E-state index contributed by atoms with van der Waals surface area (Å²) in [7, 11) is 0. The number of aliphatic hydroxyl groups is 1. The number of hydrogen-bond donors (Lipinski definition) is 4. The van der Waals surface area contributed by atoms with Crippen molar-refractivity contribution >= 4 is 28.2 Å². The number of H-pyrrole nitrogens is 1. The number of benzene rings is 1. The number of carbonyl (C=O) groups excluding carboxylic acids is 1. The van der Waals surface area contributed by atoms with Crippen LogP contribution in [-0.4, -0.2) is 38.8 Å². The van der Waals surface area contributed by atoms with Crippen LogP contribution in [0, 0.1) is 0 Å². The van der Waals surface area contributed by atoms with Crippen molar-refractivity contribution < 1.29 is 9.90 Å². The number of rotatable bonds is 5. The number of hydrogen-bond acceptors (Lipinski definition) is 5. The smallest absolute Gasteiger partial charge is 0.270 e. The highest BCUT2D eigenvalue weighted by atomic mass is 16.3. The van der Waals surface area contributed by atoms with E-state index in [2.05, 4.69) is 25.8 Å². The number of aromatic amines is 1. The molecule has 23 heavy (non-hydrogen) atoms. The third-order valence-corrected chi connectivity index (χ3v) is 3.28. The third kappa shape index (κ3) is 3.64. The van der Waals surface area contributed by atoms with Gasteiger partial charge in [0.15, 0.2) is 0 Å². The summed E-state index contributed by atoms with van der Waals surface area (Å²) in [5, 5.41) is 22.9. The third-order valence-electron chi connectivity index (χ3n) is 3.28. The van der Waals surface area contributed by atoms with Crippen molar-refractivity contribution in [2.24, 2.45) is 0 Å². The Morgan fingerprint density at radius 2 is 2.13 bits per heavy atom. The molecule has 0 saturated carbocycles. The van der Waals surface area contributed by atoms with E-state index in [1.165, 1.54) is 0 Å². The number of nitrogens with one attached hydrogen (secondary N) is 3. The van der Waals surface area contributed by atoms with Gasteiger partial charge in [-0.05, 0) is 37.3 Å². The van der Waals surface area contributed by atoms with Crippen LogP contribution < -0.4 is 10.6 Å². The summed E-state index contributed by atoms with van der Waals surface area (Å²) in [6.07, 6.45) is 2.72. The molecule has 2 aromatic heterocycles. The maximum absolute atomic E-state index is 12.0. The Labute approximate surface area is 132 Å². The average molecular weight is 311 g/mol. The van der Waals surface area contributed by atoms with Crippen molar-refractivity contribution in [3.63, 3.8) is 0 Å². The van der Waals surface area contributed by atoms with Crippen LogP contribution in [-0.2, 0) is 0 Å². The molecule has 1 aromatic carbocycles. The van der Waals surface area contributed by atoms with E-state index in [4.69, 9.17) is 0 Å². The molecule has 3 rings (SSSR count). The van der Waals surface area contributed by atoms with Gasteiger partial charge in [-0.1, -0.05) is 0 Å². The number of fused-ring (bicyclic) bond motifs is 1. The number of carbonyl (C=O) groups is 1. The molecule has 2 heterocycles. The Bertz CT molecular complexity index is 828. The molecule has 4 N–H and O–H groups in total. The van der Waals surface area contributed by atoms with Crippen LogP contribution in [0.5, 0.6) is 0 Å². The highest BCUT2D eigenvalue weighted by molar-refractivity contribution is 5.93. The van der Waals surface area contributed by atoms with E-state index in [0.29, 0.717) is 5.69 Å². The molecule has 0 bridgehead atoms. The van der Waals surface area contributed by atoms with Crippen molar-refractivity contribution in [1.82, 2.24) is 20.5 Å². The minimum absolute atomic E-state index is 0.190. The van der Waals surface area contributed by atoms with Crippen LogP contribution in [0.15, 0.2) is 42.7 Å². The van der Waals surface area contributed by atoms with Gasteiger partial charge in [-0.3, -0.25) is 14.9 Å². The summed E-state index contributed by atoms with van der Waals surface area (Å²) < 4.78 is 0. The molecule has 0 radical (unpaired) electrons. The lowest BCUT2D eigenvalue weighted by Gasteiger charge is -2.09. The zero-order chi connectivity index (χ0) is 16.2. The van der Waals surface area contributed by atoms with Crippen molar-refractivity contribution in [1.29, 1.82) is 0 Å². The predicted molar refractivity (Wildman–Crippen MR) is 87.6 cm³/mol. The molecule has 118 valence electrons. The number of nitrogens with zero attached hydrogens (tertiary/aromatic N) is 2. The van der Waals surface area contributed by atoms with Gasteiger partial charge in [0.2, 0.25) is 0 Å². The van der Waals surface area contributed by atoms with Gasteiger partial charge in [0, 0.05) is 29.5 Å². The highest BCUT2D eigenvalue weighted by Crippen LogP contribution is 2.21.